The molecule has 0 spiro atoms. The van der Waals surface area contributed by atoms with E-state index in [0.717, 1.165) is 45.3 Å². The van der Waals surface area contributed by atoms with E-state index in [1.807, 2.05) is 11.3 Å². The van der Waals surface area contributed by atoms with Gasteiger partial charge in [0, 0.05) is 36.1 Å². The van der Waals surface area contributed by atoms with Crippen molar-refractivity contribution in [2.45, 2.75) is 57.2 Å². The predicted molar refractivity (Wildman–Crippen MR) is 86.5 cm³/mol. The van der Waals surface area contributed by atoms with Crippen molar-refractivity contribution >= 4 is 17.4 Å². The van der Waals surface area contributed by atoms with Crippen LogP contribution in [-0.4, -0.2) is 35.6 Å². The van der Waals surface area contributed by atoms with E-state index >= 15 is 0 Å². The largest absolute Gasteiger partial charge is 0.335 e. The first-order valence-corrected chi connectivity index (χ1v) is 8.84. The molecule has 1 aromatic rings. The summed E-state index contributed by atoms with van der Waals surface area (Å²) in [5.41, 5.74) is 0.0456. The molecule has 2 heterocycles. The van der Waals surface area contributed by atoms with E-state index in [0.29, 0.717) is 6.04 Å². The molecule has 1 aromatic heterocycles. The van der Waals surface area contributed by atoms with Crippen molar-refractivity contribution < 1.29 is 4.79 Å². The van der Waals surface area contributed by atoms with Crippen LogP contribution in [0, 0.1) is 0 Å². The Bertz CT molecular complexity index is 462. The molecule has 1 saturated heterocycles. The van der Waals surface area contributed by atoms with E-state index in [4.69, 9.17) is 0 Å². The standard InChI is InChI=1S/C16H25N3OS/c1-16(7-3-8-16)18-15(20)17-13-5-9-19(10-6-13)12-14-4-2-11-21-14/h2,4,11,13H,3,5-10,12H2,1H3,(H2,17,18,20). The molecule has 4 nitrogen and oxygen atoms in total. The number of carbonyl (C=O) groups excluding carboxylic acids is 1. The van der Waals surface area contributed by atoms with Gasteiger partial charge in [0.1, 0.15) is 0 Å². The van der Waals surface area contributed by atoms with Crippen LogP contribution in [0.15, 0.2) is 17.5 Å². The summed E-state index contributed by atoms with van der Waals surface area (Å²) in [5.74, 6) is 0. The number of likely N-dealkylation sites (tertiary alicyclic amines) is 1. The quantitative estimate of drug-likeness (QED) is 0.898. The van der Waals surface area contributed by atoms with Gasteiger partial charge in [-0.3, -0.25) is 4.90 Å². The molecule has 116 valence electrons. The second-order valence-corrected chi connectivity index (χ2v) is 7.67. The van der Waals surface area contributed by atoms with Crippen LogP contribution in [0.25, 0.3) is 0 Å². The van der Waals surface area contributed by atoms with Crippen molar-refractivity contribution in [2.24, 2.45) is 0 Å². The minimum atomic E-state index is 0.0221. The van der Waals surface area contributed by atoms with Crippen LogP contribution in [0.2, 0.25) is 0 Å². The van der Waals surface area contributed by atoms with E-state index in [1.165, 1.54) is 11.3 Å². The number of piperidine rings is 1. The van der Waals surface area contributed by atoms with Crippen LogP contribution in [0.1, 0.15) is 43.9 Å². The molecule has 0 radical (unpaired) electrons. The van der Waals surface area contributed by atoms with Crippen LogP contribution in [0.5, 0.6) is 0 Å². The second-order valence-electron chi connectivity index (χ2n) is 6.64. The zero-order valence-electron chi connectivity index (χ0n) is 12.7. The van der Waals surface area contributed by atoms with Gasteiger partial charge in [0.15, 0.2) is 0 Å². The third kappa shape index (κ3) is 3.98. The zero-order valence-corrected chi connectivity index (χ0v) is 13.5. The maximum absolute atomic E-state index is 12.0. The van der Waals surface area contributed by atoms with E-state index < -0.39 is 0 Å². The van der Waals surface area contributed by atoms with Gasteiger partial charge < -0.3 is 10.6 Å². The first-order valence-electron chi connectivity index (χ1n) is 7.96. The molecule has 2 N–H and O–H groups in total. The number of urea groups is 1. The average Bonchev–Trinajstić information content (AvgIpc) is 2.92. The van der Waals surface area contributed by atoms with Crippen LogP contribution >= 0.6 is 11.3 Å². The number of nitrogens with one attached hydrogen (secondary N) is 2. The van der Waals surface area contributed by atoms with Crippen LogP contribution in [0.3, 0.4) is 0 Å². The first-order chi connectivity index (χ1) is 10.1. The minimum Gasteiger partial charge on any atom is -0.335 e. The van der Waals surface area contributed by atoms with Crippen molar-refractivity contribution in [1.29, 1.82) is 0 Å². The molecule has 2 amide bonds. The van der Waals surface area contributed by atoms with Crippen molar-refractivity contribution in [2.75, 3.05) is 13.1 Å². The summed E-state index contributed by atoms with van der Waals surface area (Å²) in [7, 11) is 0. The molecule has 2 fully saturated rings. The summed E-state index contributed by atoms with van der Waals surface area (Å²) in [4.78, 5) is 15.9. The Balaban J connectivity index is 1.38. The highest BCUT2D eigenvalue weighted by atomic mass is 32.1. The lowest BCUT2D eigenvalue weighted by Crippen LogP contribution is -2.56. The zero-order chi connectivity index (χ0) is 14.7. The molecule has 1 saturated carbocycles. The Kier molecular flexibility index (Phi) is 4.50. The number of amides is 2. The number of thiophene rings is 1. The number of nitrogens with zero attached hydrogens (tertiary/aromatic N) is 1. The Labute approximate surface area is 130 Å². The monoisotopic (exact) mass is 307 g/mol. The number of rotatable bonds is 4. The van der Waals surface area contributed by atoms with Gasteiger partial charge in [0.25, 0.3) is 0 Å². The molecule has 0 atom stereocenters. The highest BCUT2D eigenvalue weighted by Crippen LogP contribution is 2.30. The summed E-state index contributed by atoms with van der Waals surface area (Å²) in [5, 5.41) is 8.41. The Hall–Kier alpha value is -1.07. The molecule has 0 aromatic carbocycles. The van der Waals surface area contributed by atoms with Gasteiger partial charge in [-0.1, -0.05) is 6.07 Å². The Morgan fingerprint density at radius 1 is 1.43 bits per heavy atom. The maximum atomic E-state index is 12.0. The van der Waals surface area contributed by atoms with E-state index in [1.54, 1.807) is 0 Å². The number of hydrogen-bond donors (Lipinski definition) is 2. The first kappa shape index (κ1) is 14.9. The van der Waals surface area contributed by atoms with Crippen molar-refractivity contribution in [3.8, 4) is 0 Å². The molecule has 2 aliphatic rings. The van der Waals surface area contributed by atoms with Gasteiger partial charge in [0.05, 0.1) is 0 Å². The molecule has 5 heteroatoms. The smallest absolute Gasteiger partial charge is 0.315 e. The second kappa shape index (κ2) is 6.36. The summed E-state index contributed by atoms with van der Waals surface area (Å²) in [6.45, 7) is 5.33. The highest BCUT2D eigenvalue weighted by molar-refractivity contribution is 7.09. The van der Waals surface area contributed by atoms with E-state index in [-0.39, 0.29) is 11.6 Å². The van der Waals surface area contributed by atoms with Crippen LogP contribution < -0.4 is 10.6 Å². The Morgan fingerprint density at radius 2 is 2.19 bits per heavy atom. The molecule has 0 bridgehead atoms. The van der Waals surface area contributed by atoms with Gasteiger partial charge in [-0.15, -0.1) is 11.3 Å². The predicted octanol–water partition coefficient (Wildman–Crippen LogP) is 2.95. The van der Waals surface area contributed by atoms with E-state index in [2.05, 4.69) is 40.0 Å². The molecule has 1 aliphatic heterocycles. The normalized spacial score (nSPS) is 22.5. The summed E-state index contributed by atoms with van der Waals surface area (Å²) in [6.07, 6.45) is 5.56. The maximum Gasteiger partial charge on any atom is 0.315 e. The summed E-state index contributed by atoms with van der Waals surface area (Å²) < 4.78 is 0. The van der Waals surface area contributed by atoms with E-state index in [9.17, 15) is 4.79 Å². The average molecular weight is 307 g/mol. The minimum absolute atomic E-state index is 0.0221. The van der Waals surface area contributed by atoms with Crippen LogP contribution in [0.4, 0.5) is 4.79 Å². The SMILES string of the molecule is CC1(NC(=O)NC2CCN(Cc3cccs3)CC2)CCC1. The fourth-order valence-corrected chi connectivity index (χ4v) is 3.93. The lowest BCUT2D eigenvalue weighted by Gasteiger charge is -2.40. The fourth-order valence-electron chi connectivity index (χ4n) is 3.19. The lowest BCUT2D eigenvalue weighted by atomic mass is 9.79. The summed E-state index contributed by atoms with van der Waals surface area (Å²) in [6, 6.07) is 4.66. The topological polar surface area (TPSA) is 44.4 Å². The van der Waals surface area contributed by atoms with Gasteiger partial charge in [-0.2, -0.15) is 0 Å². The Morgan fingerprint density at radius 3 is 2.76 bits per heavy atom. The van der Waals surface area contributed by atoms with Gasteiger partial charge >= 0.3 is 6.03 Å². The summed E-state index contributed by atoms with van der Waals surface area (Å²) >= 11 is 1.82. The van der Waals surface area contributed by atoms with Crippen molar-refractivity contribution in [3.05, 3.63) is 22.4 Å². The molecule has 1 aliphatic carbocycles. The molecular weight excluding hydrogens is 282 g/mol. The van der Waals surface area contributed by atoms with Crippen molar-refractivity contribution in [1.82, 2.24) is 15.5 Å². The van der Waals surface area contributed by atoms with Gasteiger partial charge in [0.2, 0.25) is 0 Å². The third-order valence-corrected chi connectivity index (χ3v) is 5.62. The van der Waals surface area contributed by atoms with Crippen molar-refractivity contribution in [3.63, 3.8) is 0 Å². The molecule has 0 unspecified atom stereocenters. The fraction of sp³-hybridized carbons (Fsp3) is 0.688. The third-order valence-electron chi connectivity index (χ3n) is 4.75. The number of hydrogen-bond acceptors (Lipinski definition) is 3. The molecular formula is C16H25N3OS. The molecule has 21 heavy (non-hydrogen) atoms. The highest BCUT2D eigenvalue weighted by Gasteiger charge is 2.33. The van der Waals surface area contributed by atoms with Gasteiger partial charge in [-0.25, -0.2) is 4.79 Å². The lowest BCUT2D eigenvalue weighted by molar-refractivity contribution is 0.171. The molecule has 3 rings (SSSR count). The van der Waals surface area contributed by atoms with Gasteiger partial charge in [-0.05, 0) is 50.5 Å². The number of carbonyl (C=O) groups is 1. The van der Waals surface area contributed by atoms with Crippen LogP contribution in [-0.2, 0) is 6.54 Å².